The summed E-state index contributed by atoms with van der Waals surface area (Å²) < 4.78 is 13.2. The quantitative estimate of drug-likeness (QED) is 0.318. The zero-order valence-corrected chi connectivity index (χ0v) is 18.4. The number of benzene rings is 2. The summed E-state index contributed by atoms with van der Waals surface area (Å²) in [4.78, 5) is 35.1. The molecule has 0 bridgehead atoms. The van der Waals surface area contributed by atoms with E-state index < -0.39 is 0 Å². The number of thiophene rings is 1. The minimum Gasteiger partial charge on any atom is -0.338 e. The Balaban J connectivity index is 1.49. The Morgan fingerprint density at radius 2 is 1.90 bits per heavy atom. The number of nitrogens with one attached hydrogen (secondary N) is 1. The molecule has 2 aromatic carbocycles. The number of hydrogen-bond acceptors (Lipinski definition) is 5. The Labute approximate surface area is 187 Å². The van der Waals surface area contributed by atoms with E-state index in [0.29, 0.717) is 28.5 Å². The highest BCUT2D eigenvalue weighted by Crippen LogP contribution is 2.31. The molecule has 0 saturated heterocycles. The summed E-state index contributed by atoms with van der Waals surface area (Å²) in [6.45, 7) is 3.09. The first-order chi connectivity index (χ1) is 15.0. The number of carbonyl (C=O) groups excluding carboxylic acids is 1. The molecule has 2 aromatic heterocycles. The zero-order chi connectivity index (χ0) is 21.8. The van der Waals surface area contributed by atoms with Gasteiger partial charge in [0, 0.05) is 24.0 Å². The predicted octanol–water partition coefficient (Wildman–Crippen LogP) is 4.93. The summed E-state index contributed by atoms with van der Waals surface area (Å²) in [7, 11) is 0. The normalized spacial score (nSPS) is 11.0. The number of halogens is 1. The molecule has 0 fully saturated rings. The second-order valence-corrected chi connectivity index (χ2v) is 8.71. The highest BCUT2D eigenvalue weighted by atomic mass is 32.2. The summed E-state index contributed by atoms with van der Waals surface area (Å²) >= 11 is 2.57. The van der Waals surface area contributed by atoms with Gasteiger partial charge in [0.15, 0.2) is 5.16 Å². The number of nitrogens with zero attached hydrogens (tertiary/aromatic N) is 2. The van der Waals surface area contributed by atoms with Crippen LogP contribution in [0.4, 0.5) is 4.39 Å². The third-order valence-electron chi connectivity index (χ3n) is 4.86. The molecule has 4 rings (SSSR count). The van der Waals surface area contributed by atoms with Crippen LogP contribution >= 0.6 is 23.1 Å². The van der Waals surface area contributed by atoms with Gasteiger partial charge >= 0.3 is 0 Å². The fourth-order valence-corrected chi connectivity index (χ4v) is 5.01. The summed E-state index contributed by atoms with van der Waals surface area (Å²) in [6, 6.07) is 15.9. The maximum absolute atomic E-state index is 13.2. The van der Waals surface area contributed by atoms with Gasteiger partial charge in [-0.15, -0.1) is 11.3 Å². The van der Waals surface area contributed by atoms with Gasteiger partial charge in [-0.25, -0.2) is 9.37 Å². The zero-order valence-electron chi connectivity index (χ0n) is 16.8. The lowest BCUT2D eigenvalue weighted by atomic mass is 10.1. The van der Waals surface area contributed by atoms with Crippen molar-refractivity contribution in [2.24, 2.45) is 0 Å². The van der Waals surface area contributed by atoms with E-state index in [2.05, 4.69) is 9.97 Å². The summed E-state index contributed by atoms with van der Waals surface area (Å²) in [5, 5.41) is 2.74. The molecule has 0 unspecified atom stereocenters. The lowest BCUT2D eigenvalue weighted by molar-refractivity contribution is -0.128. The molecule has 5 nitrogen and oxygen atoms in total. The van der Waals surface area contributed by atoms with E-state index in [-0.39, 0.29) is 23.0 Å². The summed E-state index contributed by atoms with van der Waals surface area (Å²) in [5.74, 6) is -0.157. The minimum atomic E-state index is -0.327. The molecule has 0 saturated carbocycles. The van der Waals surface area contributed by atoms with Crippen LogP contribution in [-0.2, 0) is 11.3 Å². The van der Waals surface area contributed by atoms with Crippen molar-refractivity contribution in [2.45, 2.75) is 18.6 Å². The molecule has 1 N–H and O–H groups in total. The van der Waals surface area contributed by atoms with Crippen LogP contribution in [0.1, 0.15) is 12.5 Å². The predicted molar refractivity (Wildman–Crippen MR) is 124 cm³/mol. The molecular weight excluding hydrogens is 433 g/mol. The molecule has 1 amide bonds. The van der Waals surface area contributed by atoms with Gasteiger partial charge in [0.2, 0.25) is 5.91 Å². The highest BCUT2D eigenvalue weighted by Gasteiger charge is 2.16. The van der Waals surface area contributed by atoms with Crippen LogP contribution in [-0.4, -0.2) is 33.1 Å². The Kier molecular flexibility index (Phi) is 6.48. The lowest BCUT2D eigenvalue weighted by Crippen LogP contribution is -2.31. The molecule has 0 aliphatic carbocycles. The van der Waals surface area contributed by atoms with Crippen LogP contribution in [0.15, 0.2) is 69.9 Å². The molecule has 0 atom stereocenters. The van der Waals surface area contributed by atoms with Crippen molar-refractivity contribution in [1.82, 2.24) is 14.9 Å². The van der Waals surface area contributed by atoms with Crippen LogP contribution in [0.25, 0.3) is 21.3 Å². The number of fused-ring (bicyclic) bond motifs is 1. The highest BCUT2D eigenvalue weighted by molar-refractivity contribution is 7.99. The number of amides is 1. The molecule has 2 heterocycles. The largest absolute Gasteiger partial charge is 0.338 e. The van der Waals surface area contributed by atoms with E-state index in [1.807, 2.05) is 42.6 Å². The molecule has 8 heteroatoms. The van der Waals surface area contributed by atoms with Crippen molar-refractivity contribution < 1.29 is 9.18 Å². The monoisotopic (exact) mass is 453 g/mol. The van der Waals surface area contributed by atoms with Crippen molar-refractivity contribution in [3.8, 4) is 11.1 Å². The molecule has 0 radical (unpaired) electrons. The second kappa shape index (κ2) is 9.45. The molecule has 0 spiro atoms. The van der Waals surface area contributed by atoms with E-state index >= 15 is 0 Å². The van der Waals surface area contributed by atoms with E-state index in [9.17, 15) is 14.0 Å². The molecular formula is C23H20FN3O2S2. The second-order valence-electron chi connectivity index (χ2n) is 6.89. The van der Waals surface area contributed by atoms with Crippen LogP contribution in [0, 0.1) is 5.82 Å². The summed E-state index contributed by atoms with van der Waals surface area (Å²) in [6.07, 6.45) is 0. The first-order valence-electron chi connectivity index (χ1n) is 9.77. The van der Waals surface area contributed by atoms with Crippen LogP contribution < -0.4 is 5.56 Å². The number of aromatic amines is 1. The standard InChI is InChI=1S/C23H20FN3O2S2/c1-2-27(12-15-6-4-3-5-7-15)19(28)14-31-23-25-21(29)20-18(13-30-22(20)26-23)16-8-10-17(24)11-9-16/h3-11,13H,2,12,14H2,1H3,(H,25,26,29). The average Bonchev–Trinajstić information content (AvgIpc) is 3.21. The molecule has 158 valence electrons. The number of H-pyrrole nitrogens is 1. The summed E-state index contributed by atoms with van der Waals surface area (Å²) in [5.41, 5.74) is 2.29. The van der Waals surface area contributed by atoms with Gasteiger partial charge in [-0.05, 0) is 30.2 Å². The Hall–Kier alpha value is -2.97. The van der Waals surface area contributed by atoms with E-state index in [1.165, 1.54) is 35.2 Å². The number of thioether (sulfide) groups is 1. The molecule has 4 aromatic rings. The van der Waals surface area contributed by atoms with E-state index in [4.69, 9.17) is 0 Å². The Morgan fingerprint density at radius 1 is 1.16 bits per heavy atom. The van der Waals surface area contributed by atoms with E-state index in [1.54, 1.807) is 17.0 Å². The fourth-order valence-electron chi connectivity index (χ4n) is 3.24. The third-order valence-corrected chi connectivity index (χ3v) is 6.59. The molecule has 31 heavy (non-hydrogen) atoms. The van der Waals surface area contributed by atoms with Crippen molar-refractivity contribution >= 4 is 39.2 Å². The number of carbonyl (C=O) groups is 1. The molecule has 0 aliphatic heterocycles. The minimum absolute atomic E-state index is 0.0164. The Morgan fingerprint density at radius 3 is 2.61 bits per heavy atom. The van der Waals surface area contributed by atoms with Gasteiger partial charge in [0.25, 0.3) is 5.56 Å². The lowest BCUT2D eigenvalue weighted by Gasteiger charge is -2.20. The van der Waals surface area contributed by atoms with Gasteiger partial charge in [0.05, 0.1) is 11.1 Å². The number of hydrogen-bond donors (Lipinski definition) is 1. The average molecular weight is 454 g/mol. The third kappa shape index (κ3) is 4.86. The van der Waals surface area contributed by atoms with Gasteiger partial charge in [-0.2, -0.15) is 0 Å². The topological polar surface area (TPSA) is 66.1 Å². The van der Waals surface area contributed by atoms with Crippen molar-refractivity contribution in [2.75, 3.05) is 12.3 Å². The van der Waals surface area contributed by atoms with Crippen molar-refractivity contribution in [3.05, 3.63) is 81.7 Å². The van der Waals surface area contributed by atoms with Crippen LogP contribution in [0.2, 0.25) is 0 Å². The smallest absolute Gasteiger partial charge is 0.260 e. The fraction of sp³-hybridized carbons (Fsp3) is 0.174. The van der Waals surface area contributed by atoms with Gasteiger partial charge in [-0.1, -0.05) is 54.2 Å². The number of aromatic nitrogens is 2. The first-order valence-corrected chi connectivity index (χ1v) is 11.6. The maximum Gasteiger partial charge on any atom is 0.260 e. The first kappa shape index (κ1) is 21.3. The van der Waals surface area contributed by atoms with Crippen molar-refractivity contribution in [3.63, 3.8) is 0 Å². The van der Waals surface area contributed by atoms with Gasteiger partial charge < -0.3 is 9.88 Å². The number of rotatable bonds is 7. The van der Waals surface area contributed by atoms with Gasteiger partial charge in [0.1, 0.15) is 10.6 Å². The maximum atomic E-state index is 13.2. The van der Waals surface area contributed by atoms with Crippen LogP contribution in [0.5, 0.6) is 0 Å². The van der Waals surface area contributed by atoms with Gasteiger partial charge in [-0.3, -0.25) is 9.59 Å². The Bertz CT molecular complexity index is 1250. The van der Waals surface area contributed by atoms with Crippen molar-refractivity contribution in [1.29, 1.82) is 0 Å². The van der Waals surface area contributed by atoms with E-state index in [0.717, 1.165) is 16.7 Å². The SMILES string of the molecule is CCN(Cc1ccccc1)C(=O)CSc1nc2scc(-c3ccc(F)cc3)c2c(=O)[nH]1. The molecule has 0 aliphatic rings. The van der Waals surface area contributed by atoms with Crippen LogP contribution in [0.3, 0.4) is 0 Å².